The Morgan fingerprint density at radius 3 is 2.80 bits per heavy atom. The van der Waals surface area contributed by atoms with Crippen molar-refractivity contribution in [1.82, 2.24) is 0 Å². The Bertz CT molecular complexity index is 425. The number of hydrogen-bond donors (Lipinski definition) is 4. The number of nitrogen functional groups attached to an aromatic ring is 1. The van der Waals surface area contributed by atoms with E-state index in [1.54, 1.807) is 24.3 Å². The van der Waals surface area contributed by atoms with Gasteiger partial charge in [-0.1, -0.05) is 22.2 Å². The van der Waals surface area contributed by atoms with Gasteiger partial charge in [-0.2, -0.15) is 4.36 Å². The molecular formula is C9H14N2O3S. The summed E-state index contributed by atoms with van der Waals surface area (Å²) in [6.07, 6.45) is 0.113. The van der Waals surface area contributed by atoms with Crippen LogP contribution in [0.1, 0.15) is 5.56 Å². The third-order valence-electron chi connectivity index (χ3n) is 1.73. The van der Waals surface area contributed by atoms with Gasteiger partial charge in [0.25, 0.3) is 0 Å². The molecule has 0 fully saturated rings. The number of hydrogen-bond acceptors (Lipinski definition) is 2. The molecule has 0 saturated heterocycles. The maximum atomic E-state index is 10.3. The Morgan fingerprint density at radius 1 is 1.60 bits per heavy atom. The molecule has 84 valence electrons. The Balaban J connectivity index is 2.91. The minimum atomic E-state index is -2.77. The van der Waals surface area contributed by atoms with Gasteiger partial charge in [-0.05, 0) is 24.0 Å². The summed E-state index contributed by atoms with van der Waals surface area (Å²) in [6, 6.07) is 6.96. The second-order valence-electron chi connectivity index (χ2n) is 3.37. The van der Waals surface area contributed by atoms with Crippen molar-refractivity contribution in [3.05, 3.63) is 29.8 Å². The average molecular weight is 230 g/mol. The highest BCUT2D eigenvalue weighted by molar-refractivity contribution is 7.98. The summed E-state index contributed by atoms with van der Waals surface area (Å²) in [5, 5.41) is 8.46. The topological polar surface area (TPSA) is 95.9 Å². The van der Waals surface area contributed by atoms with Crippen LogP contribution in [0.3, 0.4) is 0 Å². The summed E-state index contributed by atoms with van der Waals surface area (Å²) < 4.78 is 13.0. The molecule has 0 atom stereocenters. The molecule has 0 radical (unpaired) electrons. The van der Waals surface area contributed by atoms with Crippen LogP contribution in [-0.2, 0) is 15.9 Å². The summed E-state index contributed by atoms with van der Waals surface area (Å²) >= 11 is 0. The molecule has 0 aromatic heterocycles. The number of carboxylic acid groups (broad SMARTS) is 1. The minimum Gasteiger partial charge on any atom is -0.463 e. The molecule has 0 aliphatic rings. The van der Waals surface area contributed by atoms with E-state index >= 15 is 0 Å². The lowest BCUT2D eigenvalue weighted by Gasteiger charge is -2.16. The van der Waals surface area contributed by atoms with Crippen molar-refractivity contribution in [3.63, 3.8) is 0 Å². The van der Waals surface area contributed by atoms with E-state index in [-0.39, 0.29) is 5.75 Å². The van der Waals surface area contributed by atoms with Gasteiger partial charge in [-0.15, -0.1) is 0 Å². The number of nitrogens with two attached hydrogens (primary N) is 1. The van der Waals surface area contributed by atoms with Gasteiger partial charge in [0.15, 0.2) is 0 Å². The summed E-state index contributed by atoms with van der Waals surface area (Å²) in [7, 11) is -2.77. The Hall–Kier alpha value is -1.40. The summed E-state index contributed by atoms with van der Waals surface area (Å²) in [6.45, 7) is 0. The highest BCUT2D eigenvalue weighted by Crippen LogP contribution is 2.14. The lowest BCUT2D eigenvalue weighted by Crippen LogP contribution is -2.13. The number of carbonyl (C=O) groups is 1. The fourth-order valence-corrected chi connectivity index (χ4v) is 2.58. The number of anilines is 1. The minimum absolute atomic E-state index is 0.227. The van der Waals surface area contributed by atoms with Gasteiger partial charge in [0.1, 0.15) is 0 Å². The zero-order valence-corrected chi connectivity index (χ0v) is 9.19. The number of thiol groups is 1. The van der Waals surface area contributed by atoms with Gasteiger partial charge in [0.05, 0.1) is 0 Å². The van der Waals surface area contributed by atoms with Gasteiger partial charge in [-0.25, -0.2) is 4.79 Å². The summed E-state index contributed by atoms with van der Waals surface area (Å²) in [4.78, 5) is 10.3. The van der Waals surface area contributed by atoms with Crippen LogP contribution in [-0.4, -0.2) is 22.0 Å². The fraction of sp³-hybridized carbons (Fsp3) is 0.222. The number of benzene rings is 1. The smallest absolute Gasteiger partial charge is 0.437 e. The van der Waals surface area contributed by atoms with E-state index in [1.165, 1.54) is 6.26 Å². The van der Waals surface area contributed by atoms with Gasteiger partial charge in [-0.3, -0.25) is 0 Å². The standard InChI is InChI=1S/C9H14N2O3S/c1-15(14,11-9(12)13)6-7-3-2-4-8(10)5-7/h2-5,15H,6,10H2,1H3,(H,11,14)(H,12,13). The third-order valence-corrected chi connectivity index (χ3v) is 3.30. The van der Waals surface area contributed by atoms with Crippen LogP contribution < -0.4 is 5.73 Å². The van der Waals surface area contributed by atoms with E-state index in [0.717, 1.165) is 5.56 Å². The van der Waals surface area contributed by atoms with Crippen LogP contribution in [0.15, 0.2) is 28.6 Å². The molecule has 0 aliphatic carbocycles. The molecule has 0 unspecified atom stereocenters. The molecule has 5 nitrogen and oxygen atoms in total. The highest BCUT2D eigenvalue weighted by Gasteiger charge is 2.06. The van der Waals surface area contributed by atoms with Crippen molar-refractivity contribution >= 4 is 21.9 Å². The van der Waals surface area contributed by atoms with Crippen LogP contribution >= 0.6 is 0 Å². The quantitative estimate of drug-likeness (QED) is 0.458. The fourth-order valence-electron chi connectivity index (χ4n) is 1.26. The highest BCUT2D eigenvalue weighted by atomic mass is 32.3. The molecule has 4 N–H and O–H groups in total. The van der Waals surface area contributed by atoms with Gasteiger partial charge in [0, 0.05) is 11.4 Å². The first-order valence-electron chi connectivity index (χ1n) is 4.28. The molecule has 6 heteroatoms. The Kier molecular flexibility index (Phi) is 3.43. The van der Waals surface area contributed by atoms with Crippen molar-refractivity contribution in [2.45, 2.75) is 5.75 Å². The predicted octanol–water partition coefficient (Wildman–Crippen LogP) is 1.62. The SMILES string of the molecule is C[SH](O)(Cc1cccc(N)c1)=NC(=O)O. The van der Waals surface area contributed by atoms with Gasteiger partial charge in [0.2, 0.25) is 0 Å². The van der Waals surface area contributed by atoms with Gasteiger partial charge >= 0.3 is 6.09 Å². The van der Waals surface area contributed by atoms with E-state index in [4.69, 9.17) is 10.8 Å². The molecule has 0 heterocycles. The lowest BCUT2D eigenvalue weighted by molar-refractivity contribution is 0.206. The third kappa shape index (κ3) is 4.09. The van der Waals surface area contributed by atoms with Crippen molar-refractivity contribution in [2.75, 3.05) is 12.0 Å². The molecular weight excluding hydrogens is 216 g/mol. The molecule has 15 heavy (non-hydrogen) atoms. The largest absolute Gasteiger partial charge is 0.463 e. The molecule has 0 spiro atoms. The van der Waals surface area contributed by atoms with Crippen molar-refractivity contribution in [3.8, 4) is 0 Å². The first-order valence-corrected chi connectivity index (χ1v) is 6.61. The zero-order valence-electron chi connectivity index (χ0n) is 8.29. The maximum Gasteiger partial charge on any atom is 0.437 e. The van der Waals surface area contributed by atoms with E-state index in [1.807, 2.05) is 0 Å². The summed E-state index contributed by atoms with van der Waals surface area (Å²) in [5.41, 5.74) is 6.94. The number of nitrogens with zero attached hydrogens (tertiary/aromatic N) is 1. The average Bonchev–Trinajstić information content (AvgIpc) is 1.99. The molecule has 0 saturated carbocycles. The van der Waals surface area contributed by atoms with Crippen LogP contribution in [0.2, 0.25) is 0 Å². The Morgan fingerprint density at radius 2 is 2.27 bits per heavy atom. The molecule has 1 aromatic carbocycles. The molecule has 1 aromatic rings. The molecule has 1 amide bonds. The molecule has 0 aliphatic heterocycles. The van der Waals surface area contributed by atoms with Crippen LogP contribution in [0.5, 0.6) is 0 Å². The van der Waals surface area contributed by atoms with Crippen LogP contribution in [0, 0.1) is 0 Å². The lowest BCUT2D eigenvalue weighted by atomic mass is 10.2. The molecule has 1 rings (SSSR count). The van der Waals surface area contributed by atoms with E-state index in [2.05, 4.69) is 4.36 Å². The maximum absolute atomic E-state index is 10.3. The first-order chi connectivity index (χ1) is 6.89. The van der Waals surface area contributed by atoms with Crippen molar-refractivity contribution in [2.24, 2.45) is 4.36 Å². The van der Waals surface area contributed by atoms with Crippen molar-refractivity contribution in [1.29, 1.82) is 0 Å². The summed E-state index contributed by atoms with van der Waals surface area (Å²) in [5.74, 6) is 0.227. The monoisotopic (exact) mass is 230 g/mol. The first kappa shape index (κ1) is 11.7. The number of amides is 1. The van der Waals surface area contributed by atoms with Crippen LogP contribution in [0.4, 0.5) is 10.5 Å². The predicted molar refractivity (Wildman–Crippen MR) is 62.3 cm³/mol. The Labute approximate surface area is 88.8 Å². The number of rotatable bonds is 2. The van der Waals surface area contributed by atoms with Crippen molar-refractivity contribution < 1.29 is 14.5 Å². The van der Waals surface area contributed by atoms with E-state index in [0.29, 0.717) is 5.69 Å². The normalized spacial score (nSPS) is 12.1. The van der Waals surface area contributed by atoms with E-state index in [9.17, 15) is 9.35 Å². The second kappa shape index (κ2) is 4.41. The van der Waals surface area contributed by atoms with E-state index < -0.39 is 16.2 Å². The van der Waals surface area contributed by atoms with Gasteiger partial charge < -0.3 is 15.4 Å². The second-order valence-corrected chi connectivity index (χ2v) is 6.07. The molecule has 0 bridgehead atoms. The zero-order chi connectivity index (χ0) is 11.5. The van der Waals surface area contributed by atoms with Crippen LogP contribution in [0.25, 0.3) is 0 Å².